The number of nitrogens with one attached hydrogen (secondary N) is 1. The fraction of sp³-hybridized carbons (Fsp3) is 0.583. The zero-order valence-electron chi connectivity index (χ0n) is 9.74. The molecule has 0 saturated heterocycles. The molecule has 0 amide bonds. The summed E-state index contributed by atoms with van der Waals surface area (Å²) in [5, 5.41) is 3.52. The molecule has 0 radical (unpaired) electrons. The Hall–Kier alpha value is -1.09. The molecule has 3 nitrogen and oxygen atoms in total. The van der Waals surface area contributed by atoms with E-state index in [4.69, 9.17) is 0 Å². The Bertz CT molecular complexity index is 291. The second kappa shape index (κ2) is 6.40. The van der Waals surface area contributed by atoms with Crippen LogP contribution in [0.3, 0.4) is 0 Å². The van der Waals surface area contributed by atoms with Gasteiger partial charge in [-0.15, -0.1) is 6.58 Å². The molecule has 0 aromatic carbocycles. The van der Waals surface area contributed by atoms with Gasteiger partial charge in [0, 0.05) is 25.5 Å². The largest absolute Gasteiger partial charge is 0.337 e. The fourth-order valence-electron chi connectivity index (χ4n) is 1.57. The summed E-state index contributed by atoms with van der Waals surface area (Å²) < 4.78 is 2.05. The van der Waals surface area contributed by atoms with E-state index in [0.29, 0.717) is 6.04 Å². The summed E-state index contributed by atoms with van der Waals surface area (Å²) >= 11 is 0. The molecule has 1 rings (SSSR count). The summed E-state index contributed by atoms with van der Waals surface area (Å²) in [7, 11) is 2.02. The Morgan fingerprint density at radius 2 is 2.47 bits per heavy atom. The van der Waals surface area contributed by atoms with E-state index in [9.17, 15) is 0 Å². The monoisotopic (exact) mass is 207 g/mol. The molecule has 1 N–H and O–H groups in total. The van der Waals surface area contributed by atoms with Crippen molar-refractivity contribution in [1.29, 1.82) is 0 Å². The van der Waals surface area contributed by atoms with Gasteiger partial charge in [-0.25, -0.2) is 4.98 Å². The lowest BCUT2D eigenvalue weighted by atomic mass is 10.1. The van der Waals surface area contributed by atoms with Gasteiger partial charge in [-0.1, -0.05) is 13.0 Å². The van der Waals surface area contributed by atoms with Crippen LogP contribution in [0.4, 0.5) is 0 Å². The predicted octanol–water partition coefficient (Wildman–Crippen LogP) is 2.25. The topological polar surface area (TPSA) is 29.9 Å². The van der Waals surface area contributed by atoms with Gasteiger partial charge >= 0.3 is 0 Å². The standard InChI is InChI=1S/C12H21N3/c1-4-6-7-11(5-2)14-10-12-13-8-9-15(12)3/h4,8-9,11,14H,1,5-7,10H2,2-3H3. The van der Waals surface area contributed by atoms with Gasteiger partial charge in [-0.2, -0.15) is 0 Å². The van der Waals surface area contributed by atoms with Crippen LogP contribution in [0.1, 0.15) is 32.0 Å². The van der Waals surface area contributed by atoms with Crippen molar-refractivity contribution < 1.29 is 0 Å². The minimum Gasteiger partial charge on any atom is -0.337 e. The minimum absolute atomic E-state index is 0.569. The smallest absolute Gasteiger partial charge is 0.122 e. The van der Waals surface area contributed by atoms with E-state index in [-0.39, 0.29) is 0 Å². The number of aromatic nitrogens is 2. The Morgan fingerprint density at radius 3 is 3.00 bits per heavy atom. The molecule has 0 fully saturated rings. The van der Waals surface area contributed by atoms with E-state index in [2.05, 4.69) is 23.8 Å². The van der Waals surface area contributed by atoms with Gasteiger partial charge in [0.2, 0.25) is 0 Å². The molecular weight excluding hydrogens is 186 g/mol. The first-order chi connectivity index (χ1) is 7.27. The predicted molar refractivity (Wildman–Crippen MR) is 63.6 cm³/mol. The highest BCUT2D eigenvalue weighted by Gasteiger charge is 2.05. The molecule has 0 saturated carbocycles. The van der Waals surface area contributed by atoms with Gasteiger partial charge < -0.3 is 9.88 Å². The fourth-order valence-corrected chi connectivity index (χ4v) is 1.57. The highest BCUT2D eigenvalue weighted by Crippen LogP contribution is 2.03. The quantitative estimate of drug-likeness (QED) is 0.695. The first-order valence-electron chi connectivity index (χ1n) is 5.58. The zero-order valence-corrected chi connectivity index (χ0v) is 9.74. The van der Waals surface area contributed by atoms with Crippen molar-refractivity contribution >= 4 is 0 Å². The van der Waals surface area contributed by atoms with E-state index in [0.717, 1.165) is 31.6 Å². The number of imidazole rings is 1. The SMILES string of the molecule is C=CCCC(CC)NCc1nccn1C. The molecule has 1 unspecified atom stereocenters. The van der Waals surface area contributed by atoms with E-state index >= 15 is 0 Å². The summed E-state index contributed by atoms with van der Waals surface area (Å²) in [5.74, 6) is 1.09. The van der Waals surface area contributed by atoms with Crippen LogP contribution in [0, 0.1) is 0 Å². The van der Waals surface area contributed by atoms with Crippen LogP contribution >= 0.6 is 0 Å². The summed E-state index contributed by atoms with van der Waals surface area (Å²) in [6, 6.07) is 0.569. The molecule has 0 bridgehead atoms. The Kier molecular flexibility index (Phi) is 5.12. The molecule has 1 aromatic heterocycles. The lowest BCUT2D eigenvalue weighted by Crippen LogP contribution is -2.28. The third-order valence-electron chi connectivity index (χ3n) is 2.68. The van der Waals surface area contributed by atoms with E-state index in [1.54, 1.807) is 0 Å². The van der Waals surface area contributed by atoms with Gasteiger partial charge in [-0.05, 0) is 19.3 Å². The van der Waals surface area contributed by atoms with Crippen molar-refractivity contribution in [2.75, 3.05) is 0 Å². The molecule has 84 valence electrons. The molecule has 1 aromatic rings. The first-order valence-corrected chi connectivity index (χ1v) is 5.58. The molecule has 0 spiro atoms. The van der Waals surface area contributed by atoms with Gasteiger partial charge in [0.05, 0.1) is 6.54 Å². The van der Waals surface area contributed by atoms with Crippen molar-refractivity contribution in [3.8, 4) is 0 Å². The maximum Gasteiger partial charge on any atom is 0.122 e. The molecule has 15 heavy (non-hydrogen) atoms. The van der Waals surface area contributed by atoms with Gasteiger partial charge in [0.15, 0.2) is 0 Å². The molecule has 1 atom stereocenters. The summed E-state index contributed by atoms with van der Waals surface area (Å²) in [5.41, 5.74) is 0. The molecule has 0 aliphatic carbocycles. The van der Waals surface area contributed by atoms with Crippen LogP contribution in [-0.4, -0.2) is 15.6 Å². The molecular formula is C12H21N3. The second-order valence-corrected chi connectivity index (χ2v) is 3.81. The highest BCUT2D eigenvalue weighted by atomic mass is 15.1. The average Bonchev–Trinajstić information content (AvgIpc) is 2.65. The normalized spacial score (nSPS) is 12.7. The van der Waals surface area contributed by atoms with Crippen LogP contribution < -0.4 is 5.32 Å². The van der Waals surface area contributed by atoms with Crippen LogP contribution in [-0.2, 0) is 13.6 Å². The number of allylic oxidation sites excluding steroid dienone is 1. The maximum absolute atomic E-state index is 4.28. The van der Waals surface area contributed by atoms with E-state index < -0.39 is 0 Å². The van der Waals surface area contributed by atoms with Crippen molar-refractivity contribution in [2.24, 2.45) is 7.05 Å². The summed E-state index contributed by atoms with van der Waals surface area (Å²) in [6.45, 7) is 6.80. The highest BCUT2D eigenvalue weighted by molar-refractivity contribution is 4.91. The third kappa shape index (κ3) is 3.88. The van der Waals surface area contributed by atoms with Crippen LogP contribution in [0.2, 0.25) is 0 Å². The number of rotatable bonds is 7. The van der Waals surface area contributed by atoms with Gasteiger partial charge in [0.1, 0.15) is 5.82 Å². The number of hydrogen-bond donors (Lipinski definition) is 1. The number of nitrogens with zero attached hydrogens (tertiary/aromatic N) is 2. The van der Waals surface area contributed by atoms with Gasteiger partial charge in [0.25, 0.3) is 0 Å². The molecule has 1 heterocycles. The minimum atomic E-state index is 0.569. The maximum atomic E-state index is 4.28. The lowest BCUT2D eigenvalue weighted by Gasteiger charge is -2.15. The third-order valence-corrected chi connectivity index (χ3v) is 2.68. The Labute approximate surface area is 92.2 Å². The summed E-state index contributed by atoms with van der Waals surface area (Å²) in [4.78, 5) is 4.28. The molecule has 0 aliphatic heterocycles. The van der Waals surface area contributed by atoms with Crippen molar-refractivity contribution in [3.63, 3.8) is 0 Å². The lowest BCUT2D eigenvalue weighted by molar-refractivity contribution is 0.459. The second-order valence-electron chi connectivity index (χ2n) is 3.81. The molecule has 3 heteroatoms. The molecule has 0 aliphatic rings. The van der Waals surface area contributed by atoms with Crippen molar-refractivity contribution in [1.82, 2.24) is 14.9 Å². The number of hydrogen-bond acceptors (Lipinski definition) is 2. The van der Waals surface area contributed by atoms with Crippen LogP contribution in [0.15, 0.2) is 25.0 Å². The van der Waals surface area contributed by atoms with Crippen molar-refractivity contribution in [3.05, 3.63) is 30.9 Å². The average molecular weight is 207 g/mol. The van der Waals surface area contributed by atoms with Gasteiger partial charge in [-0.3, -0.25) is 0 Å². The Morgan fingerprint density at radius 1 is 1.67 bits per heavy atom. The first kappa shape index (κ1) is 12.0. The Balaban J connectivity index is 2.34. The number of aryl methyl sites for hydroxylation is 1. The zero-order chi connectivity index (χ0) is 11.1. The van der Waals surface area contributed by atoms with Crippen LogP contribution in [0.25, 0.3) is 0 Å². The summed E-state index contributed by atoms with van der Waals surface area (Å²) in [6.07, 6.45) is 9.17. The van der Waals surface area contributed by atoms with Crippen molar-refractivity contribution in [2.45, 2.75) is 38.8 Å². The van der Waals surface area contributed by atoms with Crippen LogP contribution in [0.5, 0.6) is 0 Å². The van der Waals surface area contributed by atoms with E-state index in [1.807, 2.05) is 30.1 Å². The van der Waals surface area contributed by atoms with E-state index in [1.165, 1.54) is 0 Å².